The minimum Gasteiger partial charge on any atom is -0.370 e. The van der Waals surface area contributed by atoms with Gasteiger partial charge in [-0.2, -0.15) is 5.10 Å². The Bertz CT molecular complexity index is 459. The highest BCUT2D eigenvalue weighted by atomic mass is 15.2. The zero-order valence-electron chi connectivity index (χ0n) is 8.93. The summed E-state index contributed by atoms with van der Waals surface area (Å²) in [4.78, 5) is 10.7. The van der Waals surface area contributed by atoms with E-state index in [9.17, 15) is 0 Å². The third-order valence-electron chi connectivity index (χ3n) is 2.88. The van der Waals surface area contributed by atoms with E-state index >= 15 is 0 Å². The molecule has 0 aromatic carbocycles. The molecule has 82 valence electrons. The lowest BCUT2D eigenvalue weighted by atomic mass is 10.2. The van der Waals surface area contributed by atoms with Gasteiger partial charge in [-0.15, -0.1) is 0 Å². The first-order valence-electron chi connectivity index (χ1n) is 5.49. The van der Waals surface area contributed by atoms with Gasteiger partial charge in [0.25, 0.3) is 0 Å². The van der Waals surface area contributed by atoms with Crippen molar-refractivity contribution in [3.8, 4) is 11.4 Å². The predicted octanol–water partition coefficient (Wildman–Crippen LogP) is 1.47. The van der Waals surface area contributed by atoms with Crippen molar-refractivity contribution in [3.63, 3.8) is 0 Å². The lowest BCUT2D eigenvalue weighted by Gasteiger charge is -2.17. The van der Waals surface area contributed by atoms with Gasteiger partial charge < -0.3 is 4.90 Å². The predicted molar refractivity (Wildman–Crippen MR) is 61.1 cm³/mol. The molecule has 16 heavy (non-hydrogen) atoms. The summed E-state index contributed by atoms with van der Waals surface area (Å²) >= 11 is 0. The number of hydrogen-bond acceptors (Lipinski definition) is 4. The first kappa shape index (κ1) is 9.33. The van der Waals surface area contributed by atoms with Gasteiger partial charge in [0, 0.05) is 24.8 Å². The van der Waals surface area contributed by atoms with Gasteiger partial charge in [-0.1, -0.05) is 0 Å². The van der Waals surface area contributed by atoms with Crippen LogP contribution in [0.25, 0.3) is 11.4 Å². The summed E-state index contributed by atoms with van der Waals surface area (Å²) in [6.07, 6.45) is 7.77. The molecule has 0 unspecified atom stereocenters. The normalized spacial score (nSPS) is 15.6. The Balaban J connectivity index is 1.93. The van der Waals surface area contributed by atoms with Crippen LogP contribution >= 0.6 is 0 Å². The van der Waals surface area contributed by atoms with Crippen LogP contribution in [0.3, 0.4) is 0 Å². The number of pyridine rings is 1. The Labute approximate surface area is 93.5 Å². The van der Waals surface area contributed by atoms with Gasteiger partial charge in [-0.3, -0.25) is 10.1 Å². The van der Waals surface area contributed by atoms with Gasteiger partial charge >= 0.3 is 0 Å². The summed E-state index contributed by atoms with van der Waals surface area (Å²) in [6.45, 7) is 2.25. The summed E-state index contributed by atoms with van der Waals surface area (Å²) in [5, 5.41) is 6.70. The second-order valence-corrected chi connectivity index (χ2v) is 3.96. The molecule has 1 fully saturated rings. The van der Waals surface area contributed by atoms with E-state index < -0.39 is 0 Å². The van der Waals surface area contributed by atoms with E-state index in [1.807, 2.05) is 6.20 Å². The van der Waals surface area contributed by atoms with E-state index in [2.05, 4.69) is 31.1 Å². The molecule has 3 rings (SSSR count). The quantitative estimate of drug-likeness (QED) is 0.824. The zero-order chi connectivity index (χ0) is 10.8. The molecular formula is C11H13N5. The Morgan fingerprint density at radius 3 is 2.81 bits per heavy atom. The van der Waals surface area contributed by atoms with Crippen molar-refractivity contribution in [2.45, 2.75) is 12.8 Å². The molecular weight excluding hydrogens is 202 g/mol. The summed E-state index contributed by atoms with van der Waals surface area (Å²) in [6, 6.07) is 2.11. The van der Waals surface area contributed by atoms with E-state index in [1.54, 1.807) is 6.20 Å². The number of nitrogens with one attached hydrogen (secondary N) is 1. The third kappa shape index (κ3) is 1.64. The molecule has 1 aliphatic heterocycles. The SMILES string of the molecule is c1n[nH]c(-c2cncc(N3CCCC3)c2)n1. The highest BCUT2D eigenvalue weighted by Gasteiger charge is 2.13. The first-order valence-corrected chi connectivity index (χ1v) is 5.49. The van der Waals surface area contributed by atoms with Crippen LogP contribution in [0.15, 0.2) is 24.8 Å². The van der Waals surface area contributed by atoms with Gasteiger partial charge in [-0.25, -0.2) is 4.98 Å². The minimum atomic E-state index is 0.772. The van der Waals surface area contributed by atoms with Crippen molar-refractivity contribution in [1.29, 1.82) is 0 Å². The van der Waals surface area contributed by atoms with Crippen molar-refractivity contribution in [2.75, 3.05) is 18.0 Å². The number of rotatable bonds is 2. The highest BCUT2D eigenvalue weighted by molar-refractivity contribution is 5.61. The van der Waals surface area contributed by atoms with E-state index in [-0.39, 0.29) is 0 Å². The molecule has 0 aliphatic carbocycles. The zero-order valence-corrected chi connectivity index (χ0v) is 8.93. The molecule has 2 aromatic heterocycles. The van der Waals surface area contributed by atoms with Crippen LogP contribution in [0.5, 0.6) is 0 Å². The van der Waals surface area contributed by atoms with E-state index in [0.29, 0.717) is 0 Å². The smallest absolute Gasteiger partial charge is 0.157 e. The van der Waals surface area contributed by atoms with Crippen molar-refractivity contribution < 1.29 is 0 Å². The Kier molecular flexibility index (Phi) is 2.29. The molecule has 0 bridgehead atoms. The molecule has 2 aromatic rings. The van der Waals surface area contributed by atoms with Gasteiger partial charge in [0.2, 0.25) is 0 Å². The maximum absolute atomic E-state index is 4.26. The minimum absolute atomic E-state index is 0.772. The fourth-order valence-electron chi connectivity index (χ4n) is 2.05. The molecule has 0 saturated carbocycles. The maximum atomic E-state index is 4.26. The van der Waals surface area contributed by atoms with Crippen molar-refractivity contribution in [3.05, 3.63) is 24.8 Å². The fourth-order valence-corrected chi connectivity index (χ4v) is 2.05. The maximum Gasteiger partial charge on any atom is 0.157 e. The summed E-state index contributed by atoms with van der Waals surface area (Å²) in [7, 11) is 0. The second kappa shape index (κ2) is 3.92. The lowest BCUT2D eigenvalue weighted by Crippen LogP contribution is -2.17. The van der Waals surface area contributed by atoms with Crippen LogP contribution < -0.4 is 4.90 Å². The molecule has 3 heterocycles. The molecule has 0 atom stereocenters. The Morgan fingerprint density at radius 2 is 2.06 bits per heavy atom. The van der Waals surface area contributed by atoms with Crippen molar-refractivity contribution >= 4 is 5.69 Å². The number of H-pyrrole nitrogens is 1. The monoisotopic (exact) mass is 215 g/mol. The fraction of sp³-hybridized carbons (Fsp3) is 0.364. The number of hydrogen-bond donors (Lipinski definition) is 1. The second-order valence-electron chi connectivity index (χ2n) is 3.96. The molecule has 0 spiro atoms. The Morgan fingerprint density at radius 1 is 1.19 bits per heavy atom. The van der Waals surface area contributed by atoms with E-state index in [1.165, 1.54) is 24.9 Å². The van der Waals surface area contributed by atoms with E-state index in [0.717, 1.165) is 24.5 Å². The van der Waals surface area contributed by atoms with Gasteiger partial charge in [0.05, 0.1) is 11.9 Å². The highest BCUT2D eigenvalue weighted by Crippen LogP contribution is 2.23. The van der Waals surface area contributed by atoms with Crippen LogP contribution in [-0.2, 0) is 0 Å². The molecule has 0 radical (unpaired) electrons. The van der Waals surface area contributed by atoms with Crippen molar-refractivity contribution in [2.24, 2.45) is 0 Å². The topological polar surface area (TPSA) is 57.7 Å². The summed E-state index contributed by atoms with van der Waals surface area (Å²) < 4.78 is 0. The molecule has 1 N–H and O–H groups in total. The average molecular weight is 215 g/mol. The lowest BCUT2D eigenvalue weighted by molar-refractivity contribution is 0.949. The third-order valence-corrected chi connectivity index (χ3v) is 2.88. The largest absolute Gasteiger partial charge is 0.370 e. The van der Waals surface area contributed by atoms with Gasteiger partial charge in [0.1, 0.15) is 6.33 Å². The molecule has 1 saturated heterocycles. The summed E-state index contributed by atoms with van der Waals surface area (Å²) in [5.41, 5.74) is 2.16. The van der Waals surface area contributed by atoms with E-state index in [4.69, 9.17) is 0 Å². The van der Waals surface area contributed by atoms with Gasteiger partial charge in [-0.05, 0) is 18.9 Å². The van der Waals surface area contributed by atoms with Crippen LogP contribution in [0.1, 0.15) is 12.8 Å². The number of anilines is 1. The van der Waals surface area contributed by atoms with Crippen LogP contribution in [0.2, 0.25) is 0 Å². The number of aromatic nitrogens is 4. The van der Waals surface area contributed by atoms with Crippen LogP contribution in [-0.4, -0.2) is 33.3 Å². The average Bonchev–Trinajstić information content (AvgIpc) is 3.03. The number of aromatic amines is 1. The molecule has 5 heteroatoms. The molecule has 0 amide bonds. The van der Waals surface area contributed by atoms with Crippen LogP contribution in [0.4, 0.5) is 5.69 Å². The standard InChI is InChI=1S/C11H13N5/c1-2-4-16(3-1)10-5-9(6-12-7-10)11-13-8-14-15-11/h5-8H,1-4H2,(H,13,14,15). The van der Waals surface area contributed by atoms with Gasteiger partial charge in [0.15, 0.2) is 5.82 Å². The number of nitrogens with zero attached hydrogens (tertiary/aromatic N) is 4. The van der Waals surface area contributed by atoms with Crippen LogP contribution in [0, 0.1) is 0 Å². The van der Waals surface area contributed by atoms with Crippen molar-refractivity contribution in [1.82, 2.24) is 20.2 Å². The molecule has 5 nitrogen and oxygen atoms in total. The first-order chi connectivity index (χ1) is 7.93. The molecule has 1 aliphatic rings. The Hall–Kier alpha value is -1.91. The summed E-state index contributed by atoms with van der Waals surface area (Å²) in [5.74, 6) is 0.772.